The van der Waals surface area contributed by atoms with Gasteiger partial charge in [-0.05, 0) is 56.2 Å². The Bertz CT molecular complexity index is 1570. The smallest absolute Gasteiger partial charge is 0.269 e. The van der Waals surface area contributed by atoms with Gasteiger partial charge >= 0.3 is 0 Å². The second-order valence-electron chi connectivity index (χ2n) is 10.8. The average Bonchev–Trinajstić information content (AvgIpc) is 3.11. The summed E-state index contributed by atoms with van der Waals surface area (Å²) in [6.45, 7) is 5.17. The van der Waals surface area contributed by atoms with E-state index in [0.29, 0.717) is 19.9 Å². The number of hydrogen-bond acceptors (Lipinski definition) is 5. The van der Waals surface area contributed by atoms with Gasteiger partial charge in [0.2, 0.25) is 11.8 Å². The molecule has 0 unspecified atom stereocenters. The van der Waals surface area contributed by atoms with Crippen LogP contribution in [0.25, 0.3) is 0 Å². The topological polar surface area (TPSA) is 104 Å². The lowest BCUT2D eigenvalue weighted by atomic mass is 10.0. The maximum absolute atomic E-state index is 13.9. The summed E-state index contributed by atoms with van der Waals surface area (Å²) < 4.78 is 26.8. The molecule has 1 atom stereocenters. The lowest BCUT2D eigenvalue weighted by Gasteiger charge is -2.34. The van der Waals surface area contributed by atoms with E-state index < -0.39 is 33.4 Å². The van der Waals surface area contributed by atoms with Crippen LogP contribution in [0.5, 0.6) is 0 Å². The Balaban J connectivity index is 1.67. The average molecular weight is 617 g/mol. The predicted molar refractivity (Wildman–Crippen MR) is 158 cm³/mol. The van der Waals surface area contributed by atoms with E-state index >= 15 is 0 Å². The maximum atomic E-state index is 13.9. The Hall–Kier alpha value is -3.40. The van der Waals surface area contributed by atoms with E-state index in [-0.39, 0.29) is 42.3 Å². The number of nitrogens with one attached hydrogen (secondary N) is 1. The molecular formula is C30H31Cl2N3O5S. The van der Waals surface area contributed by atoms with Crippen molar-refractivity contribution in [3.63, 3.8) is 0 Å². The van der Waals surface area contributed by atoms with Crippen LogP contribution in [0.15, 0.2) is 77.7 Å². The van der Waals surface area contributed by atoms with E-state index in [1.807, 2.05) is 51.1 Å². The highest BCUT2D eigenvalue weighted by Crippen LogP contribution is 2.30. The standard InChI is InChI=1S/C30H31Cl2N3O5S/c1-30(2,3)33-28(37)25(18-20-9-5-4-6-10-20)34(19-21-13-14-23(31)24(32)17-21)27(36)15-16-35-29(38)22-11-7-8-12-26(22)41(35,39)40/h4-14,17,25H,15-16,18-19H2,1-3H3,(H,33,37)/t25-/m1/s1. The summed E-state index contributed by atoms with van der Waals surface area (Å²) >= 11 is 12.4. The Labute approximate surface area is 250 Å². The number of carbonyl (C=O) groups is 3. The molecule has 216 valence electrons. The molecule has 0 aliphatic carbocycles. The fourth-order valence-corrected chi connectivity index (χ4v) is 6.52. The Morgan fingerprint density at radius 1 is 0.927 bits per heavy atom. The van der Waals surface area contributed by atoms with Crippen molar-refractivity contribution >= 4 is 50.9 Å². The maximum Gasteiger partial charge on any atom is 0.269 e. The van der Waals surface area contributed by atoms with E-state index in [0.717, 1.165) is 5.56 Å². The number of carbonyl (C=O) groups excluding carboxylic acids is 3. The van der Waals surface area contributed by atoms with Crippen molar-refractivity contribution < 1.29 is 22.8 Å². The second kappa shape index (κ2) is 12.2. The highest BCUT2D eigenvalue weighted by Gasteiger charge is 2.41. The molecule has 3 aromatic carbocycles. The molecule has 11 heteroatoms. The fourth-order valence-electron chi connectivity index (χ4n) is 4.63. The van der Waals surface area contributed by atoms with Crippen molar-refractivity contribution in [1.29, 1.82) is 0 Å². The van der Waals surface area contributed by atoms with Crippen molar-refractivity contribution in [3.05, 3.63) is 99.5 Å². The third-order valence-corrected chi connectivity index (χ3v) is 9.13. The van der Waals surface area contributed by atoms with Crippen molar-refractivity contribution in [2.45, 2.75) is 56.6 Å². The van der Waals surface area contributed by atoms with E-state index in [9.17, 15) is 22.8 Å². The summed E-state index contributed by atoms with van der Waals surface area (Å²) in [6.07, 6.45) is -0.115. The molecular weight excluding hydrogens is 585 g/mol. The van der Waals surface area contributed by atoms with Crippen LogP contribution < -0.4 is 5.32 Å². The SMILES string of the molecule is CC(C)(C)NC(=O)[C@@H](Cc1ccccc1)N(Cc1ccc(Cl)c(Cl)c1)C(=O)CCN1C(=O)c2ccccc2S1(=O)=O. The zero-order valence-electron chi connectivity index (χ0n) is 22.9. The molecule has 0 bridgehead atoms. The summed E-state index contributed by atoms with van der Waals surface area (Å²) in [5, 5.41) is 3.61. The quantitative estimate of drug-likeness (QED) is 0.361. The molecule has 0 saturated heterocycles. The number of sulfonamides is 1. The number of benzene rings is 3. The van der Waals surface area contributed by atoms with Crippen molar-refractivity contribution in [2.24, 2.45) is 0 Å². The van der Waals surface area contributed by atoms with Gasteiger partial charge < -0.3 is 10.2 Å². The molecule has 0 aromatic heterocycles. The van der Waals surface area contributed by atoms with Crippen LogP contribution in [-0.4, -0.2) is 53.5 Å². The van der Waals surface area contributed by atoms with Crippen molar-refractivity contribution in [1.82, 2.24) is 14.5 Å². The van der Waals surface area contributed by atoms with Crippen LogP contribution in [0.3, 0.4) is 0 Å². The minimum absolute atomic E-state index is 0.00566. The molecule has 1 aliphatic heterocycles. The molecule has 0 spiro atoms. The zero-order valence-corrected chi connectivity index (χ0v) is 25.3. The molecule has 3 aromatic rings. The molecule has 8 nitrogen and oxygen atoms in total. The summed E-state index contributed by atoms with van der Waals surface area (Å²) in [6, 6.07) is 19.2. The molecule has 1 aliphatic rings. The third kappa shape index (κ3) is 7.09. The lowest BCUT2D eigenvalue weighted by molar-refractivity contribution is -0.142. The molecule has 0 fully saturated rings. The van der Waals surface area contributed by atoms with Crippen LogP contribution in [0.1, 0.15) is 48.7 Å². The van der Waals surface area contributed by atoms with E-state index in [2.05, 4.69) is 5.32 Å². The van der Waals surface area contributed by atoms with E-state index in [1.54, 1.807) is 30.3 Å². The normalized spacial score (nSPS) is 14.9. The lowest BCUT2D eigenvalue weighted by Crippen LogP contribution is -2.54. The summed E-state index contributed by atoms with van der Waals surface area (Å²) in [7, 11) is -4.09. The van der Waals surface area contributed by atoms with Gasteiger partial charge in [-0.2, -0.15) is 0 Å². The largest absolute Gasteiger partial charge is 0.350 e. The molecule has 1 N–H and O–H groups in total. The van der Waals surface area contributed by atoms with Gasteiger partial charge in [0.25, 0.3) is 15.9 Å². The first-order chi connectivity index (χ1) is 19.3. The molecule has 4 rings (SSSR count). The second-order valence-corrected chi connectivity index (χ2v) is 13.5. The van der Waals surface area contributed by atoms with Crippen LogP contribution in [0, 0.1) is 0 Å². The van der Waals surface area contributed by atoms with Crippen LogP contribution >= 0.6 is 23.2 Å². The third-order valence-electron chi connectivity index (χ3n) is 6.55. The molecule has 0 radical (unpaired) electrons. The fraction of sp³-hybridized carbons (Fsp3) is 0.300. The summed E-state index contributed by atoms with van der Waals surface area (Å²) in [5.74, 6) is -1.55. The van der Waals surface area contributed by atoms with E-state index in [4.69, 9.17) is 23.2 Å². The van der Waals surface area contributed by atoms with E-state index in [1.165, 1.54) is 17.0 Å². The highest BCUT2D eigenvalue weighted by atomic mass is 35.5. The number of rotatable bonds is 9. The number of nitrogens with zero attached hydrogens (tertiary/aromatic N) is 2. The number of hydrogen-bond donors (Lipinski definition) is 1. The monoisotopic (exact) mass is 615 g/mol. The van der Waals surface area contributed by atoms with Crippen LogP contribution in [-0.2, 0) is 32.6 Å². The van der Waals surface area contributed by atoms with Crippen molar-refractivity contribution in [2.75, 3.05) is 6.54 Å². The predicted octanol–water partition coefficient (Wildman–Crippen LogP) is 5.08. The Kier molecular flexibility index (Phi) is 9.11. The van der Waals surface area contributed by atoms with Gasteiger partial charge in [0.15, 0.2) is 0 Å². The zero-order chi connectivity index (χ0) is 29.9. The van der Waals surface area contributed by atoms with Gasteiger partial charge in [0, 0.05) is 31.5 Å². The first-order valence-corrected chi connectivity index (χ1v) is 15.2. The van der Waals surface area contributed by atoms with Gasteiger partial charge in [-0.1, -0.05) is 71.7 Å². The summed E-state index contributed by atoms with van der Waals surface area (Å²) in [5.41, 5.74) is 0.957. The van der Waals surface area contributed by atoms with Gasteiger partial charge in [-0.15, -0.1) is 0 Å². The Morgan fingerprint density at radius 3 is 2.22 bits per heavy atom. The first-order valence-electron chi connectivity index (χ1n) is 13.0. The van der Waals surface area contributed by atoms with Gasteiger partial charge in [0.1, 0.15) is 10.9 Å². The molecule has 3 amide bonds. The van der Waals surface area contributed by atoms with Crippen molar-refractivity contribution in [3.8, 4) is 0 Å². The molecule has 1 heterocycles. The minimum Gasteiger partial charge on any atom is -0.350 e. The Morgan fingerprint density at radius 2 is 1.59 bits per heavy atom. The van der Waals surface area contributed by atoms with Gasteiger partial charge in [0.05, 0.1) is 15.6 Å². The number of halogens is 2. The number of fused-ring (bicyclic) bond motifs is 1. The number of amides is 3. The molecule has 0 saturated carbocycles. The van der Waals surface area contributed by atoms with Gasteiger partial charge in [-0.25, -0.2) is 12.7 Å². The first kappa shape index (κ1) is 30.6. The highest BCUT2D eigenvalue weighted by molar-refractivity contribution is 7.90. The molecule has 41 heavy (non-hydrogen) atoms. The summed E-state index contributed by atoms with van der Waals surface area (Å²) in [4.78, 5) is 41.8. The minimum atomic E-state index is -4.09. The van der Waals surface area contributed by atoms with Gasteiger partial charge in [-0.3, -0.25) is 14.4 Å². The van der Waals surface area contributed by atoms with Crippen LogP contribution in [0.2, 0.25) is 10.0 Å². The van der Waals surface area contributed by atoms with Crippen LogP contribution in [0.4, 0.5) is 0 Å².